The van der Waals surface area contributed by atoms with Crippen LogP contribution in [0.2, 0.25) is 0 Å². The standard InChI is InChI=1S/C15H20N2O/c1-2-11-18-14-7-5-13(6-8-14)15(12-16)17-9-3-4-10-17/h5-8,15H,2-4,9-11H2,1H3. The Morgan fingerprint density at radius 3 is 2.50 bits per heavy atom. The summed E-state index contributed by atoms with van der Waals surface area (Å²) in [6.45, 7) is 4.90. The lowest BCUT2D eigenvalue weighted by molar-refractivity contribution is 0.293. The zero-order valence-electron chi connectivity index (χ0n) is 10.9. The van der Waals surface area contributed by atoms with Crippen LogP contribution in [0.3, 0.4) is 0 Å². The summed E-state index contributed by atoms with van der Waals surface area (Å²) in [5.74, 6) is 0.888. The molecule has 3 heteroatoms. The first-order chi connectivity index (χ1) is 8.85. The van der Waals surface area contributed by atoms with Gasteiger partial charge in [-0.25, -0.2) is 0 Å². The van der Waals surface area contributed by atoms with Gasteiger partial charge in [0.15, 0.2) is 0 Å². The first-order valence-electron chi connectivity index (χ1n) is 6.71. The van der Waals surface area contributed by atoms with Crippen molar-refractivity contribution in [1.82, 2.24) is 4.90 Å². The fourth-order valence-electron chi connectivity index (χ4n) is 2.33. The van der Waals surface area contributed by atoms with Gasteiger partial charge in [0, 0.05) is 0 Å². The Balaban J connectivity index is 2.05. The Labute approximate surface area is 109 Å². The average Bonchev–Trinajstić information content (AvgIpc) is 2.93. The van der Waals surface area contributed by atoms with Crippen molar-refractivity contribution in [2.24, 2.45) is 0 Å². The van der Waals surface area contributed by atoms with E-state index in [2.05, 4.69) is 17.9 Å². The molecule has 0 amide bonds. The zero-order valence-corrected chi connectivity index (χ0v) is 10.9. The molecule has 1 aromatic rings. The topological polar surface area (TPSA) is 36.3 Å². The second kappa shape index (κ2) is 6.42. The van der Waals surface area contributed by atoms with E-state index in [1.54, 1.807) is 0 Å². The summed E-state index contributed by atoms with van der Waals surface area (Å²) in [5.41, 5.74) is 1.07. The Hall–Kier alpha value is -1.53. The molecule has 0 aromatic heterocycles. The van der Waals surface area contributed by atoms with E-state index >= 15 is 0 Å². The van der Waals surface area contributed by atoms with Crippen molar-refractivity contribution in [2.75, 3.05) is 19.7 Å². The molecule has 0 radical (unpaired) electrons. The van der Waals surface area contributed by atoms with E-state index in [9.17, 15) is 5.26 Å². The molecule has 0 bridgehead atoms. The van der Waals surface area contributed by atoms with Crippen LogP contribution in [0.1, 0.15) is 37.8 Å². The maximum atomic E-state index is 9.33. The first kappa shape index (κ1) is 12.9. The maximum absolute atomic E-state index is 9.33. The predicted molar refractivity (Wildman–Crippen MR) is 71.4 cm³/mol. The van der Waals surface area contributed by atoms with E-state index < -0.39 is 0 Å². The number of nitriles is 1. The SMILES string of the molecule is CCCOc1ccc(C(C#N)N2CCCC2)cc1. The van der Waals surface area contributed by atoms with E-state index in [1.165, 1.54) is 12.8 Å². The molecule has 2 rings (SSSR count). The third kappa shape index (κ3) is 3.02. The highest BCUT2D eigenvalue weighted by atomic mass is 16.5. The minimum Gasteiger partial charge on any atom is -0.494 e. The molecule has 0 N–H and O–H groups in total. The van der Waals surface area contributed by atoms with Gasteiger partial charge in [0.25, 0.3) is 0 Å². The smallest absolute Gasteiger partial charge is 0.123 e. The molecule has 0 saturated carbocycles. The monoisotopic (exact) mass is 244 g/mol. The molecule has 96 valence electrons. The van der Waals surface area contributed by atoms with Crippen molar-refractivity contribution < 1.29 is 4.74 Å². The van der Waals surface area contributed by atoms with Gasteiger partial charge in [0.05, 0.1) is 12.7 Å². The summed E-state index contributed by atoms with van der Waals surface area (Å²) >= 11 is 0. The minimum absolute atomic E-state index is 0.104. The lowest BCUT2D eigenvalue weighted by Crippen LogP contribution is -2.24. The molecular formula is C15H20N2O. The molecule has 1 heterocycles. The van der Waals surface area contributed by atoms with E-state index in [0.29, 0.717) is 0 Å². The van der Waals surface area contributed by atoms with Gasteiger partial charge in [-0.05, 0) is 50.0 Å². The number of nitrogens with zero attached hydrogens (tertiary/aromatic N) is 2. The minimum atomic E-state index is -0.104. The van der Waals surface area contributed by atoms with Gasteiger partial charge in [0.2, 0.25) is 0 Å². The summed E-state index contributed by atoms with van der Waals surface area (Å²) in [6.07, 6.45) is 3.42. The average molecular weight is 244 g/mol. The number of ether oxygens (including phenoxy) is 1. The molecule has 18 heavy (non-hydrogen) atoms. The van der Waals surface area contributed by atoms with Crippen molar-refractivity contribution in [3.05, 3.63) is 29.8 Å². The highest BCUT2D eigenvalue weighted by molar-refractivity contribution is 5.31. The Morgan fingerprint density at radius 2 is 1.94 bits per heavy atom. The van der Waals surface area contributed by atoms with Crippen LogP contribution in [0.4, 0.5) is 0 Å². The van der Waals surface area contributed by atoms with Crippen molar-refractivity contribution in [1.29, 1.82) is 5.26 Å². The van der Waals surface area contributed by atoms with Crippen LogP contribution in [0.15, 0.2) is 24.3 Å². The second-order valence-electron chi connectivity index (χ2n) is 4.69. The fourth-order valence-corrected chi connectivity index (χ4v) is 2.33. The molecule has 1 fully saturated rings. The van der Waals surface area contributed by atoms with Crippen LogP contribution >= 0.6 is 0 Å². The summed E-state index contributed by atoms with van der Waals surface area (Å²) in [4.78, 5) is 2.25. The molecule has 0 spiro atoms. The van der Waals surface area contributed by atoms with Crippen LogP contribution in [-0.4, -0.2) is 24.6 Å². The van der Waals surface area contributed by atoms with E-state index in [0.717, 1.165) is 37.4 Å². The van der Waals surface area contributed by atoms with Gasteiger partial charge in [-0.15, -0.1) is 0 Å². The molecule has 1 saturated heterocycles. The van der Waals surface area contributed by atoms with E-state index in [4.69, 9.17) is 4.74 Å². The van der Waals surface area contributed by atoms with E-state index in [-0.39, 0.29) is 6.04 Å². The van der Waals surface area contributed by atoms with Crippen LogP contribution in [0.5, 0.6) is 5.75 Å². The van der Waals surface area contributed by atoms with Crippen LogP contribution in [-0.2, 0) is 0 Å². The maximum Gasteiger partial charge on any atom is 0.123 e. The molecule has 3 nitrogen and oxygen atoms in total. The van der Waals surface area contributed by atoms with Crippen LogP contribution in [0.25, 0.3) is 0 Å². The molecule has 1 aromatic carbocycles. The fraction of sp³-hybridized carbons (Fsp3) is 0.533. The van der Waals surface area contributed by atoms with Crippen LogP contribution in [0, 0.1) is 11.3 Å². The van der Waals surface area contributed by atoms with Gasteiger partial charge >= 0.3 is 0 Å². The second-order valence-corrected chi connectivity index (χ2v) is 4.69. The van der Waals surface area contributed by atoms with Crippen molar-refractivity contribution in [3.63, 3.8) is 0 Å². The van der Waals surface area contributed by atoms with Gasteiger partial charge in [-0.1, -0.05) is 19.1 Å². The Morgan fingerprint density at radius 1 is 1.28 bits per heavy atom. The van der Waals surface area contributed by atoms with Gasteiger partial charge in [0.1, 0.15) is 11.8 Å². The number of hydrogen-bond donors (Lipinski definition) is 0. The summed E-state index contributed by atoms with van der Waals surface area (Å²) in [6, 6.07) is 10.3. The van der Waals surface area contributed by atoms with Crippen molar-refractivity contribution >= 4 is 0 Å². The quantitative estimate of drug-likeness (QED) is 0.798. The van der Waals surface area contributed by atoms with Crippen LogP contribution < -0.4 is 4.74 Å². The molecule has 1 atom stereocenters. The number of rotatable bonds is 5. The van der Waals surface area contributed by atoms with E-state index in [1.807, 2.05) is 24.3 Å². The van der Waals surface area contributed by atoms with Crippen molar-refractivity contribution in [2.45, 2.75) is 32.2 Å². The van der Waals surface area contributed by atoms with Crippen molar-refractivity contribution in [3.8, 4) is 11.8 Å². The third-order valence-electron chi connectivity index (χ3n) is 3.30. The molecule has 0 aliphatic carbocycles. The molecule has 1 aliphatic rings. The number of hydrogen-bond acceptors (Lipinski definition) is 3. The highest BCUT2D eigenvalue weighted by Crippen LogP contribution is 2.25. The predicted octanol–water partition coefficient (Wildman–Crippen LogP) is 3.14. The Kier molecular flexibility index (Phi) is 4.60. The first-order valence-corrected chi connectivity index (χ1v) is 6.71. The largest absolute Gasteiger partial charge is 0.494 e. The van der Waals surface area contributed by atoms with Gasteiger partial charge in [-0.3, -0.25) is 4.90 Å². The lowest BCUT2D eigenvalue weighted by atomic mass is 10.1. The summed E-state index contributed by atoms with van der Waals surface area (Å²) in [7, 11) is 0. The lowest BCUT2D eigenvalue weighted by Gasteiger charge is -2.21. The Bertz CT molecular complexity index is 401. The van der Waals surface area contributed by atoms with Gasteiger partial charge < -0.3 is 4.74 Å². The highest BCUT2D eigenvalue weighted by Gasteiger charge is 2.22. The molecule has 1 unspecified atom stereocenters. The number of likely N-dealkylation sites (tertiary alicyclic amines) is 1. The zero-order chi connectivity index (χ0) is 12.8. The molecule has 1 aliphatic heterocycles. The normalized spacial score (nSPS) is 17.3. The molecular weight excluding hydrogens is 224 g/mol. The summed E-state index contributed by atoms with van der Waals surface area (Å²) in [5, 5.41) is 9.33. The third-order valence-corrected chi connectivity index (χ3v) is 3.30. The number of benzene rings is 1. The summed E-state index contributed by atoms with van der Waals surface area (Å²) < 4.78 is 5.55. The van der Waals surface area contributed by atoms with Gasteiger partial charge in [-0.2, -0.15) is 5.26 Å².